The summed E-state index contributed by atoms with van der Waals surface area (Å²) in [6.45, 7) is 12.4. The van der Waals surface area contributed by atoms with Crippen LogP contribution in [0.25, 0.3) is 0 Å². The molecule has 0 aromatic carbocycles. The first-order valence-electron chi connectivity index (χ1n) is 8.20. The van der Waals surface area contributed by atoms with Gasteiger partial charge in [0, 0.05) is 19.6 Å². The van der Waals surface area contributed by atoms with Crippen molar-refractivity contribution in [2.45, 2.75) is 65.5 Å². The molecule has 0 bridgehead atoms. The number of rotatable bonds is 7. The second-order valence-corrected chi connectivity index (χ2v) is 6.65. The minimum absolute atomic E-state index is 0.0166. The van der Waals surface area contributed by atoms with E-state index < -0.39 is 0 Å². The number of aromatic nitrogens is 2. The molecule has 2 heterocycles. The first-order chi connectivity index (χ1) is 10.0. The molecule has 0 unspecified atom stereocenters. The lowest BCUT2D eigenvalue weighted by Crippen LogP contribution is -2.39. The van der Waals surface area contributed by atoms with Gasteiger partial charge < -0.3 is 9.26 Å². The number of aryl methyl sites for hydroxylation is 1. The maximum atomic E-state index is 5.80. The molecule has 1 saturated heterocycles. The minimum atomic E-state index is 0.0166. The van der Waals surface area contributed by atoms with Crippen molar-refractivity contribution in [3.63, 3.8) is 0 Å². The molecule has 0 spiro atoms. The zero-order chi connectivity index (χ0) is 15.3. The summed E-state index contributed by atoms with van der Waals surface area (Å²) in [4.78, 5) is 6.87. The topological polar surface area (TPSA) is 51.4 Å². The quantitative estimate of drug-likeness (QED) is 0.774. The maximum Gasteiger partial charge on any atom is 0.226 e. The number of nitrogens with zero attached hydrogens (tertiary/aromatic N) is 3. The van der Waals surface area contributed by atoms with Crippen molar-refractivity contribution in [2.24, 2.45) is 5.92 Å². The Labute approximate surface area is 128 Å². The van der Waals surface area contributed by atoms with Crippen molar-refractivity contribution in [3.05, 3.63) is 11.7 Å². The number of hydrogen-bond acceptors (Lipinski definition) is 5. The summed E-state index contributed by atoms with van der Waals surface area (Å²) < 4.78 is 11.1. The number of hydrogen-bond donors (Lipinski definition) is 0. The van der Waals surface area contributed by atoms with Crippen LogP contribution in [0.1, 0.15) is 58.7 Å². The summed E-state index contributed by atoms with van der Waals surface area (Å²) in [6, 6.07) is 0. The Kier molecular flexibility index (Phi) is 5.76. The van der Waals surface area contributed by atoms with E-state index in [2.05, 4.69) is 42.7 Å². The van der Waals surface area contributed by atoms with Crippen molar-refractivity contribution in [1.29, 1.82) is 0 Å². The van der Waals surface area contributed by atoms with Gasteiger partial charge in [0.15, 0.2) is 5.82 Å². The van der Waals surface area contributed by atoms with Crippen LogP contribution in [-0.4, -0.2) is 40.3 Å². The summed E-state index contributed by atoms with van der Waals surface area (Å²) in [5.41, 5.74) is 0.0166. The van der Waals surface area contributed by atoms with E-state index in [-0.39, 0.29) is 5.60 Å². The van der Waals surface area contributed by atoms with E-state index in [0.29, 0.717) is 5.92 Å². The van der Waals surface area contributed by atoms with E-state index >= 15 is 0 Å². The summed E-state index contributed by atoms with van der Waals surface area (Å²) in [5, 5.41) is 4.09. The van der Waals surface area contributed by atoms with Crippen molar-refractivity contribution < 1.29 is 9.26 Å². The molecule has 0 saturated carbocycles. The SMILES string of the molecule is CCCc1nc(CN(CC)C[C@H]2CCOC(C)(C)C2)no1. The third kappa shape index (κ3) is 5.08. The zero-order valence-corrected chi connectivity index (χ0v) is 13.9. The van der Waals surface area contributed by atoms with Crippen LogP contribution in [0, 0.1) is 5.92 Å². The molecule has 0 radical (unpaired) electrons. The summed E-state index contributed by atoms with van der Waals surface area (Å²) in [6.07, 6.45) is 4.17. The van der Waals surface area contributed by atoms with Crippen LogP contribution in [0.15, 0.2) is 4.52 Å². The van der Waals surface area contributed by atoms with Crippen molar-refractivity contribution >= 4 is 0 Å². The highest BCUT2D eigenvalue weighted by molar-refractivity contribution is 4.87. The Balaban J connectivity index is 1.87. The predicted molar refractivity (Wildman–Crippen MR) is 82.0 cm³/mol. The fourth-order valence-electron chi connectivity index (χ4n) is 3.05. The van der Waals surface area contributed by atoms with Crippen molar-refractivity contribution in [3.8, 4) is 0 Å². The molecule has 5 nitrogen and oxygen atoms in total. The highest BCUT2D eigenvalue weighted by Crippen LogP contribution is 2.29. The Bertz CT molecular complexity index is 431. The fraction of sp³-hybridized carbons (Fsp3) is 0.875. The van der Waals surface area contributed by atoms with E-state index in [1.165, 1.54) is 0 Å². The Morgan fingerprint density at radius 1 is 1.33 bits per heavy atom. The second-order valence-electron chi connectivity index (χ2n) is 6.65. The molecule has 0 N–H and O–H groups in total. The summed E-state index contributed by atoms with van der Waals surface area (Å²) in [7, 11) is 0. The van der Waals surface area contributed by atoms with Crippen molar-refractivity contribution in [1.82, 2.24) is 15.0 Å². The van der Waals surface area contributed by atoms with E-state index in [1.807, 2.05) is 0 Å². The average Bonchev–Trinajstić information content (AvgIpc) is 2.85. The maximum absolute atomic E-state index is 5.80. The van der Waals surface area contributed by atoms with Crippen LogP contribution >= 0.6 is 0 Å². The zero-order valence-electron chi connectivity index (χ0n) is 13.9. The summed E-state index contributed by atoms with van der Waals surface area (Å²) in [5.74, 6) is 2.26. The van der Waals surface area contributed by atoms with Gasteiger partial charge in [0.2, 0.25) is 5.89 Å². The molecule has 1 aromatic rings. The van der Waals surface area contributed by atoms with Crippen LogP contribution in [0.4, 0.5) is 0 Å². The second kappa shape index (κ2) is 7.36. The molecule has 0 aliphatic carbocycles. The van der Waals surface area contributed by atoms with Crippen LogP contribution in [-0.2, 0) is 17.7 Å². The molecule has 5 heteroatoms. The smallest absolute Gasteiger partial charge is 0.226 e. The molecule has 1 aromatic heterocycles. The third-order valence-corrected chi connectivity index (χ3v) is 4.10. The van der Waals surface area contributed by atoms with Crippen LogP contribution in [0.5, 0.6) is 0 Å². The lowest BCUT2D eigenvalue weighted by molar-refractivity contribution is -0.0770. The Morgan fingerprint density at radius 2 is 2.14 bits per heavy atom. The van der Waals surface area contributed by atoms with Gasteiger partial charge in [-0.25, -0.2) is 0 Å². The molecule has 1 aliphatic heterocycles. The average molecular weight is 295 g/mol. The molecule has 2 rings (SSSR count). The lowest BCUT2D eigenvalue weighted by atomic mass is 9.88. The molecule has 120 valence electrons. The van der Waals surface area contributed by atoms with Gasteiger partial charge in [-0.1, -0.05) is 19.0 Å². The van der Waals surface area contributed by atoms with Gasteiger partial charge in [0.25, 0.3) is 0 Å². The van der Waals surface area contributed by atoms with Gasteiger partial charge in [-0.05, 0) is 45.6 Å². The van der Waals surface area contributed by atoms with Gasteiger partial charge in [0.05, 0.1) is 12.1 Å². The van der Waals surface area contributed by atoms with Gasteiger partial charge in [-0.15, -0.1) is 0 Å². The molecule has 0 amide bonds. The first-order valence-corrected chi connectivity index (χ1v) is 8.20. The highest BCUT2D eigenvalue weighted by Gasteiger charge is 2.29. The minimum Gasteiger partial charge on any atom is -0.376 e. The molecular weight excluding hydrogens is 266 g/mol. The molecular formula is C16H29N3O2. The Morgan fingerprint density at radius 3 is 2.81 bits per heavy atom. The monoisotopic (exact) mass is 295 g/mol. The highest BCUT2D eigenvalue weighted by atomic mass is 16.5. The van der Waals surface area contributed by atoms with Gasteiger partial charge >= 0.3 is 0 Å². The van der Waals surface area contributed by atoms with E-state index in [9.17, 15) is 0 Å². The van der Waals surface area contributed by atoms with E-state index in [4.69, 9.17) is 9.26 Å². The third-order valence-electron chi connectivity index (χ3n) is 4.10. The fourth-order valence-corrected chi connectivity index (χ4v) is 3.05. The normalized spacial score (nSPS) is 21.9. The molecule has 1 fully saturated rings. The predicted octanol–water partition coefficient (Wildman–Crippen LogP) is 3.05. The lowest BCUT2D eigenvalue weighted by Gasteiger charge is -2.37. The van der Waals surface area contributed by atoms with Crippen molar-refractivity contribution in [2.75, 3.05) is 19.7 Å². The largest absolute Gasteiger partial charge is 0.376 e. The van der Waals surface area contributed by atoms with Gasteiger partial charge in [0.1, 0.15) is 0 Å². The van der Waals surface area contributed by atoms with Crippen LogP contribution in [0.3, 0.4) is 0 Å². The number of ether oxygens (including phenoxy) is 1. The molecule has 1 atom stereocenters. The van der Waals surface area contributed by atoms with Gasteiger partial charge in [-0.3, -0.25) is 4.90 Å². The molecule has 21 heavy (non-hydrogen) atoms. The van der Waals surface area contributed by atoms with E-state index in [1.54, 1.807) is 0 Å². The van der Waals surface area contributed by atoms with E-state index in [0.717, 1.165) is 63.6 Å². The standard InChI is InChI=1S/C16H29N3O2/c1-5-7-15-17-14(18-21-15)12-19(6-2)11-13-8-9-20-16(3,4)10-13/h13H,5-12H2,1-4H3/t13-/m0/s1. The first kappa shape index (κ1) is 16.4. The van der Waals surface area contributed by atoms with Gasteiger partial charge in [-0.2, -0.15) is 4.98 Å². The Hall–Kier alpha value is -0.940. The molecule has 1 aliphatic rings. The van der Waals surface area contributed by atoms with Crippen LogP contribution < -0.4 is 0 Å². The summed E-state index contributed by atoms with van der Waals surface area (Å²) >= 11 is 0. The van der Waals surface area contributed by atoms with Crippen LogP contribution in [0.2, 0.25) is 0 Å².